The number of nitrogens with zero attached hydrogens (tertiary/aromatic N) is 1. The van der Waals surface area contributed by atoms with Gasteiger partial charge in [-0.2, -0.15) is 0 Å². The molecule has 0 aromatic rings. The summed E-state index contributed by atoms with van der Waals surface area (Å²) < 4.78 is 70.6. The molecular weight excluding hydrogens is 190 g/mol. The van der Waals surface area contributed by atoms with Crippen molar-refractivity contribution < 1.29 is 39.1 Å². The lowest BCUT2D eigenvalue weighted by molar-refractivity contribution is -0.873. The zero-order valence-corrected chi connectivity index (χ0v) is 8.08. The summed E-state index contributed by atoms with van der Waals surface area (Å²) in [4.78, 5) is 0. The standard InChI is InChI=1S/C9H20NO2.ClH/c1-7-9(11)5-8(12-7)6-10(2,3)4;/h7-9,11H,5-6H2,1-4H3;1H/q+1;/p-1/t7-,8-,9+;/m1./s1/i2D3,3D3,4D3;. The van der Waals surface area contributed by atoms with Crippen LogP contribution in [0.15, 0.2) is 0 Å². The molecule has 0 bridgehead atoms. The Balaban J connectivity index is 0.00000441. The van der Waals surface area contributed by atoms with Crippen LogP contribution in [0.3, 0.4) is 0 Å². The van der Waals surface area contributed by atoms with Crippen LogP contribution < -0.4 is 12.4 Å². The Hall–Kier alpha value is 0.170. The van der Waals surface area contributed by atoms with Gasteiger partial charge in [0.2, 0.25) is 0 Å². The molecule has 4 heteroatoms. The summed E-state index contributed by atoms with van der Waals surface area (Å²) in [5.41, 5.74) is 0. The van der Waals surface area contributed by atoms with Crippen molar-refractivity contribution in [3.05, 3.63) is 0 Å². The van der Waals surface area contributed by atoms with Gasteiger partial charge in [-0.3, -0.25) is 0 Å². The molecule has 0 amide bonds. The highest BCUT2D eigenvalue weighted by atomic mass is 35.5. The van der Waals surface area contributed by atoms with E-state index in [2.05, 4.69) is 0 Å². The molecule has 80 valence electrons. The van der Waals surface area contributed by atoms with E-state index >= 15 is 0 Å². The topological polar surface area (TPSA) is 29.5 Å². The molecule has 1 saturated heterocycles. The number of quaternary nitrogens is 1. The van der Waals surface area contributed by atoms with E-state index in [0.717, 1.165) is 0 Å². The molecule has 0 aliphatic carbocycles. The lowest BCUT2D eigenvalue weighted by Gasteiger charge is -2.26. The second-order valence-corrected chi connectivity index (χ2v) is 3.26. The maximum absolute atomic E-state index is 9.62. The number of likely N-dealkylation sites (N-methyl/N-ethyl adjacent to an activating group) is 1. The Morgan fingerprint density at radius 3 is 2.54 bits per heavy atom. The normalized spacial score (nSPS) is 47.5. The average molecular weight is 219 g/mol. The maximum Gasteiger partial charge on any atom is 0.109 e. The van der Waals surface area contributed by atoms with E-state index in [4.69, 9.17) is 17.1 Å². The summed E-state index contributed by atoms with van der Waals surface area (Å²) in [5, 5.41) is 9.62. The van der Waals surface area contributed by atoms with Crippen molar-refractivity contribution in [2.75, 3.05) is 27.5 Å². The molecule has 0 aromatic carbocycles. The summed E-state index contributed by atoms with van der Waals surface area (Å²) in [6.07, 6.45) is -2.41. The van der Waals surface area contributed by atoms with E-state index in [9.17, 15) is 5.11 Å². The van der Waals surface area contributed by atoms with E-state index in [0.29, 0.717) is 0 Å². The Labute approximate surface area is 99.3 Å². The molecule has 1 N–H and O–H groups in total. The molecule has 13 heavy (non-hydrogen) atoms. The fourth-order valence-electron chi connectivity index (χ4n) is 1.33. The van der Waals surface area contributed by atoms with Gasteiger partial charge in [0.25, 0.3) is 0 Å². The zero-order chi connectivity index (χ0) is 16.9. The Bertz CT molecular complexity index is 335. The van der Waals surface area contributed by atoms with Crippen molar-refractivity contribution in [1.82, 2.24) is 0 Å². The van der Waals surface area contributed by atoms with Crippen molar-refractivity contribution in [2.45, 2.75) is 31.7 Å². The van der Waals surface area contributed by atoms with Crippen molar-refractivity contribution in [3.63, 3.8) is 0 Å². The Kier molecular flexibility index (Phi) is 1.54. The molecule has 1 rings (SSSR count). The van der Waals surface area contributed by atoms with Crippen molar-refractivity contribution in [2.24, 2.45) is 0 Å². The van der Waals surface area contributed by atoms with Crippen LogP contribution in [0.25, 0.3) is 0 Å². The molecule has 3 atom stereocenters. The van der Waals surface area contributed by atoms with Gasteiger partial charge < -0.3 is 26.7 Å². The van der Waals surface area contributed by atoms with Crippen LogP contribution in [0, 0.1) is 0 Å². The van der Waals surface area contributed by atoms with Crippen LogP contribution in [0.2, 0.25) is 0 Å². The third-order valence-electron chi connectivity index (χ3n) is 1.93. The maximum atomic E-state index is 9.62. The van der Waals surface area contributed by atoms with E-state index in [1.165, 1.54) is 0 Å². The zero-order valence-electron chi connectivity index (χ0n) is 16.3. The van der Waals surface area contributed by atoms with Crippen LogP contribution in [-0.4, -0.2) is 55.4 Å². The summed E-state index contributed by atoms with van der Waals surface area (Å²) in [5.74, 6) is 0. The largest absolute Gasteiger partial charge is 1.00 e. The second kappa shape index (κ2) is 4.60. The fourth-order valence-corrected chi connectivity index (χ4v) is 1.33. The van der Waals surface area contributed by atoms with Crippen LogP contribution >= 0.6 is 0 Å². The monoisotopic (exact) mass is 218 g/mol. The van der Waals surface area contributed by atoms with Crippen LogP contribution in [-0.2, 0) is 4.74 Å². The molecule has 3 nitrogen and oxygen atoms in total. The Morgan fingerprint density at radius 2 is 2.15 bits per heavy atom. The first-order valence-electron chi connectivity index (χ1n) is 8.35. The molecule has 1 aliphatic heterocycles. The van der Waals surface area contributed by atoms with Gasteiger partial charge in [0.05, 0.1) is 45.5 Å². The first kappa shape index (κ1) is 4.35. The van der Waals surface area contributed by atoms with E-state index < -0.39 is 50.3 Å². The van der Waals surface area contributed by atoms with Crippen LogP contribution in [0.5, 0.6) is 0 Å². The molecule has 0 unspecified atom stereocenters. The van der Waals surface area contributed by atoms with Crippen molar-refractivity contribution >= 4 is 0 Å². The molecule has 0 spiro atoms. The van der Waals surface area contributed by atoms with E-state index in [1.54, 1.807) is 6.92 Å². The van der Waals surface area contributed by atoms with Gasteiger partial charge in [-0.05, 0) is 6.92 Å². The minimum absolute atomic E-state index is 0. The highest BCUT2D eigenvalue weighted by molar-refractivity contribution is 4.78. The first-order valence-corrected chi connectivity index (χ1v) is 3.85. The molecule has 1 fully saturated rings. The van der Waals surface area contributed by atoms with Gasteiger partial charge in [-0.25, -0.2) is 0 Å². The van der Waals surface area contributed by atoms with Gasteiger partial charge in [-0.15, -0.1) is 0 Å². The lowest BCUT2D eigenvalue weighted by atomic mass is 10.1. The third-order valence-corrected chi connectivity index (χ3v) is 1.93. The lowest BCUT2D eigenvalue weighted by Crippen LogP contribution is -3.00. The van der Waals surface area contributed by atoms with Gasteiger partial charge >= 0.3 is 0 Å². The number of halogens is 1. The minimum Gasteiger partial charge on any atom is -1.00 e. The van der Waals surface area contributed by atoms with Crippen molar-refractivity contribution in [3.8, 4) is 0 Å². The Morgan fingerprint density at radius 1 is 1.54 bits per heavy atom. The van der Waals surface area contributed by atoms with Crippen LogP contribution in [0.4, 0.5) is 0 Å². The fraction of sp³-hybridized carbons (Fsp3) is 1.00. The van der Waals surface area contributed by atoms with Gasteiger partial charge in [0.15, 0.2) is 0 Å². The third kappa shape index (κ3) is 4.27. The quantitative estimate of drug-likeness (QED) is 0.509. The molecule has 0 radical (unpaired) electrons. The van der Waals surface area contributed by atoms with E-state index in [1.807, 2.05) is 0 Å². The van der Waals surface area contributed by atoms with Gasteiger partial charge in [0, 0.05) is 6.42 Å². The average Bonchev–Trinajstić information content (AvgIpc) is 2.49. The number of ether oxygens (including phenoxy) is 1. The predicted octanol–water partition coefficient (Wildman–Crippen LogP) is -2.77. The molecular formula is C9H20ClNO2. The summed E-state index contributed by atoms with van der Waals surface area (Å²) >= 11 is 0. The first-order chi connectivity index (χ1) is 9.13. The van der Waals surface area contributed by atoms with Crippen LogP contribution in [0.1, 0.15) is 25.7 Å². The van der Waals surface area contributed by atoms with E-state index in [-0.39, 0.29) is 18.8 Å². The van der Waals surface area contributed by atoms with Gasteiger partial charge in [-0.1, -0.05) is 0 Å². The summed E-state index contributed by atoms with van der Waals surface area (Å²) in [6.45, 7) is -9.03. The number of hydrogen-bond donors (Lipinski definition) is 1. The number of hydrogen-bond acceptors (Lipinski definition) is 2. The molecule has 0 saturated carbocycles. The number of aliphatic hydroxyl groups excluding tert-OH is 1. The highest BCUT2D eigenvalue weighted by Gasteiger charge is 2.33. The van der Waals surface area contributed by atoms with Gasteiger partial charge in [0.1, 0.15) is 12.6 Å². The number of rotatable bonds is 2. The minimum atomic E-state index is -3.28. The molecule has 0 aromatic heterocycles. The predicted molar refractivity (Wildman–Crippen MR) is 47.9 cm³/mol. The summed E-state index contributed by atoms with van der Waals surface area (Å²) in [6, 6.07) is 0. The highest BCUT2D eigenvalue weighted by Crippen LogP contribution is 2.21. The SMILES string of the molecule is [2H]C([2H])([2H])[N+](C[C@H]1C[C@H](O)[C@@H](C)O1)(C([2H])([2H])[2H])C([2H])([2H])[2H].[Cl-]. The molecule has 1 aliphatic rings. The number of aliphatic hydroxyl groups is 1. The smallest absolute Gasteiger partial charge is 0.109 e. The summed E-state index contributed by atoms with van der Waals surface area (Å²) in [7, 11) is 0. The van der Waals surface area contributed by atoms with Crippen molar-refractivity contribution in [1.29, 1.82) is 0 Å². The molecule has 1 heterocycles. The second-order valence-electron chi connectivity index (χ2n) is 3.26.